The van der Waals surface area contributed by atoms with Gasteiger partial charge < -0.3 is 20.7 Å². The predicted octanol–water partition coefficient (Wildman–Crippen LogP) is 0.507. The normalized spacial score (nSPS) is 19.7. The molecular weight excluding hydrogens is 322 g/mol. The van der Waals surface area contributed by atoms with Crippen LogP contribution in [0.2, 0.25) is 0 Å². The number of primary amides is 1. The molecule has 7 nitrogen and oxygen atoms in total. The molecule has 134 valence electrons. The zero-order chi connectivity index (χ0) is 17.9. The average molecular weight is 345 g/mol. The minimum atomic E-state index is -1.03. The van der Waals surface area contributed by atoms with Crippen molar-refractivity contribution in [1.82, 2.24) is 5.32 Å². The zero-order valence-electron chi connectivity index (χ0n) is 14.1. The molecule has 0 aliphatic carbocycles. The van der Waals surface area contributed by atoms with Gasteiger partial charge in [-0.2, -0.15) is 0 Å². The first-order chi connectivity index (χ1) is 12.0. The molecule has 1 aromatic carbocycles. The third-order valence-electron chi connectivity index (χ3n) is 4.86. The molecule has 25 heavy (non-hydrogen) atoms. The quantitative estimate of drug-likeness (QED) is 0.811. The molecule has 2 fully saturated rings. The van der Waals surface area contributed by atoms with E-state index in [1.165, 1.54) is 0 Å². The van der Waals surface area contributed by atoms with Crippen LogP contribution in [0.3, 0.4) is 0 Å². The fraction of sp³-hybridized carbons (Fsp3) is 0.500. The molecule has 2 heterocycles. The highest BCUT2D eigenvalue weighted by Crippen LogP contribution is 2.23. The standard InChI is InChI=1S/C18H23N3O4/c19-17(24)18(6-9-25-10-7-18)20-15(22)12-13-3-1-4-14(11-13)21-8-2-5-16(21)23/h1,3-4,11H,2,5-10,12H2,(H2,19,24)(H,20,22). The highest BCUT2D eigenvalue weighted by atomic mass is 16.5. The van der Waals surface area contributed by atoms with Gasteiger partial charge in [0.1, 0.15) is 5.54 Å². The third-order valence-corrected chi connectivity index (χ3v) is 4.86. The van der Waals surface area contributed by atoms with E-state index in [1.54, 1.807) is 4.90 Å². The van der Waals surface area contributed by atoms with Gasteiger partial charge in [0.15, 0.2) is 0 Å². The van der Waals surface area contributed by atoms with E-state index in [0.29, 0.717) is 39.0 Å². The van der Waals surface area contributed by atoms with Crippen LogP contribution in [0, 0.1) is 0 Å². The Balaban J connectivity index is 1.68. The Bertz CT molecular complexity index is 683. The molecule has 0 saturated carbocycles. The predicted molar refractivity (Wildman–Crippen MR) is 91.9 cm³/mol. The highest BCUT2D eigenvalue weighted by molar-refractivity contribution is 5.95. The van der Waals surface area contributed by atoms with Crippen LogP contribution in [-0.4, -0.2) is 43.0 Å². The Morgan fingerprint density at radius 2 is 2.04 bits per heavy atom. The lowest BCUT2D eigenvalue weighted by atomic mass is 9.89. The van der Waals surface area contributed by atoms with Crippen molar-refractivity contribution in [2.24, 2.45) is 5.73 Å². The molecule has 0 aromatic heterocycles. The van der Waals surface area contributed by atoms with Gasteiger partial charge in [0, 0.05) is 44.7 Å². The Morgan fingerprint density at radius 3 is 2.68 bits per heavy atom. The summed E-state index contributed by atoms with van der Waals surface area (Å²) in [7, 11) is 0. The molecule has 0 bridgehead atoms. The van der Waals surface area contributed by atoms with Crippen LogP contribution >= 0.6 is 0 Å². The molecule has 3 N–H and O–H groups in total. The van der Waals surface area contributed by atoms with Crippen molar-refractivity contribution in [3.05, 3.63) is 29.8 Å². The molecule has 1 aromatic rings. The smallest absolute Gasteiger partial charge is 0.243 e. The number of carbonyl (C=O) groups is 3. The van der Waals surface area contributed by atoms with Crippen molar-refractivity contribution >= 4 is 23.4 Å². The van der Waals surface area contributed by atoms with Crippen LogP contribution < -0.4 is 16.0 Å². The number of carbonyl (C=O) groups excluding carboxylic acids is 3. The van der Waals surface area contributed by atoms with E-state index < -0.39 is 11.4 Å². The fourth-order valence-corrected chi connectivity index (χ4v) is 3.40. The lowest BCUT2D eigenvalue weighted by Crippen LogP contribution is -2.60. The SMILES string of the molecule is NC(=O)C1(NC(=O)Cc2cccc(N3CCCC3=O)c2)CCOCC1. The zero-order valence-corrected chi connectivity index (χ0v) is 14.1. The number of benzene rings is 1. The maximum Gasteiger partial charge on any atom is 0.243 e. The maximum atomic E-state index is 12.4. The summed E-state index contributed by atoms with van der Waals surface area (Å²) in [5, 5.41) is 2.80. The summed E-state index contributed by atoms with van der Waals surface area (Å²) in [6, 6.07) is 7.39. The minimum Gasteiger partial charge on any atom is -0.381 e. The maximum absolute atomic E-state index is 12.4. The number of amides is 3. The van der Waals surface area contributed by atoms with E-state index in [2.05, 4.69) is 5.32 Å². The summed E-state index contributed by atoms with van der Waals surface area (Å²) < 4.78 is 5.26. The molecule has 0 spiro atoms. The molecule has 2 aliphatic heterocycles. The molecule has 3 rings (SSSR count). The molecule has 2 saturated heterocycles. The molecule has 3 amide bonds. The molecule has 2 aliphatic rings. The van der Waals surface area contributed by atoms with Gasteiger partial charge in [-0.05, 0) is 24.1 Å². The van der Waals surface area contributed by atoms with Crippen LogP contribution in [-0.2, 0) is 25.5 Å². The van der Waals surface area contributed by atoms with E-state index >= 15 is 0 Å². The second-order valence-corrected chi connectivity index (χ2v) is 6.60. The number of nitrogens with one attached hydrogen (secondary N) is 1. The third kappa shape index (κ3) is 3.82. The van der Waals surface area contributed by atoms with Crippen molar-refractivity contribution in [3.8, 4) is 0 Å². The van der Waals surface area contributed by atoms with Gasteiger partial charge in [0.05, 0.1) is 6.42 Å². The van der Waals surface area contributed by atoms with E-state index in [1.807, 2.05) is 24.3 Å². The van der Waals surface area contributed by atoms with Gasteiger partial charge >= 0.3 is 0 Å². The van der Waals surface area contributed by atoms with Gasteiger partial charge in [0.2, 0.25) is 17.7 Å². The molecule has 7 heteroatoms. The number of anilines is 1. The summed E-state index contributed by atoms with van der Waals surface area (Å²) in [6.07, 6.45) is 2.32. The number of rotatable bonds is 5. The lowest BCUT2D eigenvalue weighted by molar-refractivity contribution is -0.135. The van der Waals surface area contributed by atoms with Crippen molar-refractivity contribution in [2.75, 3.05) is 24.7 Å². The first-order valence-corrected chi connectivity index (χ1v) is 8.58. The second-order valence-electron chi connectivity index (χ2n) is 6.60. The first-order valence-electron chi connectivity index (χ1n) is 8.58. The average Bonchev–Trinajstić information content (AvgIpc) is 3.02. The summed E-state index contributed by atoms with van der Waals surface area (Å²) in [4.78, 5) is 37.9. The Kier molecular flexibility index (Phi) is 5.03. The number of nitrogens with zero attached hydrogens (tertiary/aromatic N) is 1. The van der Waals surface area contributed by atoms with Gasteiger partial charge in [-0.1, -0.05) is 12.1 Å². The molecule has 0 radical (unpaired) electrons. The summed E-state index contributed by atoms with van der Waals surface area (Å²) in [6.45, 7) is 1.50. The topological polar surface area (TPSA) is 102 Å². The van der Waals surface area contributed by atoms with Crippen molar-refractivity contribution < 1.29 is 19.1 Å². The Morgan fingerprint density at radius 1 is 1.28 bits per heavy atom. The number of hydrogen-bond acceptors (Lipinski definition) is 4. The van der Waals surface area contributed by atoms with Crippen LogP contribution in [0.15, 0.2) is 24.3 Å². The summed E-state index contributed by atoms with van der Waals surface area (Å²) in [5.41, 5.74) is 6.08. The number of ether oxygens (including phenoxy) is 1. The van der Waals surface area contributed by atoms with Crippen LogP contribution in [0.25, 0.3) is 0 Å². The van der Waals surface area contributed by atoms with E-state index in [9.17, 15) is 14.4 Å². The minimum absolute atomic E-state index is 0.108. The second kappa shape index (κ2) is 7.23. The largest absolute Gasteiger partial charge is 0.381 e. The number of nitrogens with two attached hydrogens (primary N) is 1. The van der Waals surface area contributed by atoms with Gasteiger partial charge in [-0.25, -0.2) is 0 Å². The van der Waals surface area contributed by atoms with Crippen molar-refractivity contribution in [2.45, 2.75) is 37.6 Å². The van der Waals surface area contributed by atoms with E-state index in [4.69, 9.17) is 10.5 Å². The van der Waals surface area contributed by atoms with Crippen LogP contribution in [0.1, 0.15) is 31.2 Å². The van der Waals surface area contributed by atoms with E-state index in [0.717, 1.165) is 17.7 Å². The molecule has 0 unspecified atom stereocenters. The molecule has 0 atom stereocenters. The van der Waals surface area contributed by atoms with Crippen molar-refractivity contribution in [1.29, 1.82) is 0 Å². The molecular formula is C18H23N3O4. The first kappa shape index (κ1) is 17.4. The summed E-state index contributed by atoms with van der Waals surface area (Å²) >= 11 is 0. The Hall–Kier alpha value is -2.41. The van der Waals surface area contributed by atoms with Crippen LogP contribution in [0.5, 0.6) is 0 Å². The van der Waals surface area contributed by atoms with Crippen LogP contribution in [0.4, 0.5) is 5.69 Å². The summed E-state index contributed by atoms with van der Waals surface area (Å²) in [5.74, 6) is -0.678. The Labute approximate surface area is 146 Å². The highest BCUT2D eigenvalue weighted by Gasteiger charge is 2.39. The van der Waals surface area contributed by atoms with Crippen molar-refractivity contribution in [3.63, 3.8) is 0 Å². The van der Waals surface area contributed by atoms with Gasteiger partial charge in [-0.15, -0.1) is 0 Å². The van der Waals surface area contributed by atoms with Gasteiger partial charge in [-0.3, -0.25) is 14.4 Å². The van der Waals surface area contributed by atoms with Gasteiger partial charge in [0.25, 0.3) is 0 Å². The monoisotopic (exact) mass is 345 g/mol. The number of hydrogen-bond donors (Lipinski definition) is 2. The fourth-order valence-electron chi connectivity index (χ4n) is 3.40. The van der Waals surface area contributed by atoms with E-state index in [-0.39, 0.29) is 18.2 Å². The lowest BCUT2D eigenvalue weighted by Gasteiger charge is -2.35.